The Morgan fingerprint density at radius 3 is 2.67 bits per heavy atom. The zero-order chi connectivity index (χ0) is 23.4. The molecule has 33 heavy (non-hydrogen) atoms. The van der Waals surface area contributed by atoms with E-state index in [0.29, 0.717) is 16.3 Å². The summed E-state index contributed by atoms with van der Waals surface area (Å²) in [6.45, 7) is 1.47. The zero-order valence-electron chi connectivity index (χ0n) is 18.3. The standard InChI is InChI=1S/C24H24N4O4S/c1-15(22(30)26-23-18(14-25)17-10-6-3-7-11-20(17)33-23)32-24(31)19-12-13-21(29)28(27-19)16-8-4-2-5-9-16/h2,4-5,8-9,15H,3,6-7,10-13H2,1H3,(H,26,30). The molecule has 0 saturated carbocycles. The van der Waals surface area contributed by atoms with Gasteiger partial charge in [0.05, 0.1) is 11.3 Å². The van der Waals surface area contributed by atoms with E-state index >= 15 is 0 Å². The van der Waals surface area contributed by atoms with Gasteiger partial charge < -0.3 is 10.1 Å². The first-order valence-electron chi connectivity index (χ1n) is 11.0. The van der Waals surface area contributed by atoms with Gasteiger partial charge in [-0.25, -0.2) is 9.80 Å². The van der Waals surface area contributed by atoms with Crippen molar-refractivity contribution in [3.05, 3.63) is 46.3 Å². The predicted octanol–water partition coefficient (Wildman–Crippen LogP) is 3.94. The van der Waals surface area contributed by atoms with Crippen LogP contribution < -0.4 is 10.3 Å². The summed E-state index contributed by atoms with van der Waals surface area (Å²) in [4.78, 5) is 38.8. The average molecular weight is 465 g/mol. The van der Waals surface area contributed by atoms with E-state index in [9.17, 15) is 19.6 Å². The third-order valence-electron chi connectivity index (χ3n) is 5.69. The molecule has 1 aromatic carbocycles. The minimum atomic E-state index is -1.09. The topological polar surface area (TPSA) is 112 Å². The molecule has 1 unspecified atom stereocenters. The highest BCUT2D eigenvalue weighted by Crippen LogP contribution is 2.37. The lowest BCUT2D eigenvalue weighted by atomic mass is 10.1. The van der Waals surface area contributed by atoms with E-state index in [2.05, 4.69) is 16.5 Å². The molecule has 2 aromatic rings. The number of carbonyl (C=O) groups excluding carboxylic acids is 3. The minimum absolute atomic E-state index is 0.0821. The van der Waals surface area contributed by atoms with Crippen molar-refractivity contribution in [1.82, 2.24) is 0 Å². The highest BCUT2D eigenvalue weighted by molar-refractivity contribution is 7.16. The second-order valence-electron chi connectivity index (χ2n) is 8.00. The lowest BCUT2D eigenvalue weighted by Crippen LogP contribution is -2.37. The van der Waals surface area contributed by atoms with Crippen LogP contribution in [-0.4, -0.2) is 29.6 Å². The van der Waals surface area contributed by atoms with Gasteiger partial charge in [0, 0.05) is 17.7 Å². The van der Waals surface area contributed by atoms with Gasteiger partial charge in [0.1, 0.15) is 16.8 Å². The van der Waals surface area contributed by atoms with Gasteiger partial charge in [-0.3, -0.25) is 9.59 Å². The molecular formula is C24H24N4O4S. The Hall–Kier alpha value is -3.51. The number of ether oxygens (including phenoxy) is 1. The summed E-state index contributed by atoms with van der Waals surface area (Å²) in [6, 6.07) is 11.0. The number of amides is 2. The second-order valence-corrected chi connectivity index (χ2v) is 9.11. The van der Waals surface area contributed by atoms with Crippen molar-refractivity contribution >= 4 is 45.5 Å². The van der Waals surface area contributed by atoms with Gasteiger partial charge in [0.15, 0.2) is 6.10 Å². The Balaban J connectivity index is 1.44. The number of anilines is 2. The molecule has 1 atom stereocenters. The van der Waals surface area contributed by atoms with Crippen molar-refractivity contribution in [2.75, 3.05) is 10.3 Å². The van der Waals surface area contributed by atoms with E-state index in [1.54, 1.807) is 24.3 Å². The number of rotatable bonds is 5. The number of benzene rings is 1. The van der Waals surface area contributed by atoms with Crippen LogP contribution in [0.4, 0.5) is 10.7 Å². The number of nitriles is 1. The Kier molecular flexibility index (Phi) is 6.84. The number of nitrogens with zero attached hydrogens (tertiary/aromatic N) is 3. The predicted molar refractivity (Wildman–Crippen MR) is 125 cm³/mol. The molecule has 0 radical (unpaired) electrons. The van der Waals surface area contributed by atoms with E-state index in [1.807, 2.05) is 6.07 Å². The van der Waals surface area contributed by atoms with Crippen molar-refractivity contribution in [1.29, 1.82) is 5.26 Å². The van der Waals surface area contributed by atoms with Gasteiger partial charge in [-0.05, 0) is 50.3 Å². The number of hydrazone groups is 1. The average Bonchev–Trinajstić information content (AvgIpc) is 2.98. The van der Waals surface area contributed by atoms with Crippen molar-refractivity contribution < 1.29 is 19.1 Å². The van der Waals surface area contributed by atoms with Gasteiger partial charge in [0.2, 0.25) is 5.91 Å². The van der Waals surface area contributed by atoms with Crippen LogP contribution >= 0.6 is 11.3 Å². The first kappa shape index (κ1) is 22.7. The molecule has 1 aliphatic heterocycles. The van der Waals surface area contributed by atoms with Crippen LogP contribution in [0.5, 0.6) is 0 Å². The fourth-order valence-corrected chi connectivity index (χ4v) is 5.16. The number of thiophene rings is 1. The molecular weight excluding hydrogens is 440 g/mol. The lowest BCUT2D eigenvalue weighted by Gasteiger charge is -2.23. The molecule has 9 heteroatoms. The van der Waals surface area contributed by atoms with Gasteiger partial charge in [-0.1, -0.05) is 24.6 Å². The Bertz CT molecular complexity index is 1150. The van der Waals surface area contributed by atoms with Crippen LogP contribution in [0, 0.1) is 11.3 Å². The summed E-state index contributed by atoms with van der Waals surface area (Å²) in [5, 5.41) is 18.3. The molecule has 1 N–H and O–H groups in total. The molecule has 0 spiro atoms. The Labute approximate surface area is 195 Å². The monoisotopic (exact) mass is 464 g/mol. The maximum Gasteiger partial charge on any atom is 0.355 e. The summed E-state index contributed by atoms with van der Waals surface area (Å²) in [5.41, 5.74) is 2.18. The number of esters is 1. The van der Waals surface area contributed by atoms with Crippen LogP contribution in [0.15, 0.2) is 35.4 Å². The Morgan fingerprint density at radius 1 is 1.15 bits per heavy atom. The molecule has 1 aromatic heterocycles. The van der Waals surface area contributed by atoms with E-state index < -0.39 is 18.0 Å². The number of fused-ring (bicyclic) bond motifs is 1. The molecule has 0 bridgehead atoms. The molecule has 4 rings (SSSR count). The van der Waals surface area contributed by atoms with Crippen LogP contribution in [0.1, 0.15) is 55.0 Å². The smallest absolute Gasteiger partial charge is 0.355 e. The SMILES string of the molecule is CC(OC(=O)C1=NN(c2ccccc2)C(=O)CC1)C(=O)Nc1sc2c(c1C#N)CCCCC2. The lowest BCUT2D eigenvalue weighted by molar-refractivity contribution is -0.146. The quantitative estimate of drug-likeness (QED) is 0.532. The van der Waals surface area contributed by atoms with Gasteiger partial charge >= 0.3 is 5.97 Å². The Morgan fingerprint density at radius 2 is 1.91 bits per heavy atom. The zero-order valence-corrected chi connectivity index (χ0v) is 19.1. The number of nitrogens with one attached hydrogen (secondary N) is 1. The molecule has 2 amide bonds. The van der Waals surface area contributed by atoms with Crippen molar-refractivity contribution in [3.63, 3.8) is 0 Å². The molecule has 2 aliphatic rings. The van der Waals surface area contributed by atoms with Crippen molar-refractivity contribution in [2.24, 2.45) is 5.10 Å². The third-order valence-corrected chi connectivity index (χ3v) is 6.90. The first-order valence-corrected chi connectivity index (χ1v) is 11.8. The summed E-state index contributed by atoms with van der Waals surface area (Å²) in [7, 11) is 0. The van der Waals surface area contributed by atoms with Gasteiger partial charge in [-0.2, -0.15) is 10.4 Å². The maximum absolute atomic E-state index is 12.7. The third kappa shape index (κ3) is 4.96. The normalized spacial score (nSPS) is 16.7. The first-order chi connectivity index (χ1) is 16.0. The van der Waals surface area contributed by atoms with Crippen molar-refractivity contribution in [3.8, 4) is 6.07 Å². The molecule has 2 heterocycles. The van der Waals surface area contributed by atoms with Crippen LogP contribution in [-0.2, 0) is 32.0 Å². The highest BCUT2D eigenvalue weighted by Gasteiger charge is 2.29. The number of para-hydroxylation sites is 1. The van der Waals surface area contributed by atoms with E-state index in [-0.39, 0.29) is 24.5 Å². The largest absolute Gasteiger partial charge is 0.448 e. The molecule has 170 valence electrons. The van der Waals surface area contributed by atoms with Gasteiger partial charge in [-0.15, -0.1) is 11.3 Å². The van der Waals surface area contributed by atoms with E-state index in [1.165, 1.54) is 23.3 Å². The van der Waals surface area contributed by atoms with Gasteiger partial charge in [0.25, 0.3) is 5.91 Å². The molecule has 1 aliphatic carbocycles. The molecule has 0 fully saturated rings. The number of aryl methyl sites for hydroxylation is 1. The van der Waals surface area contributed by atoms with Crippen LogP contribution in [0.2, 0.25) is 0 Å². The van der Waals surface area contributed by atoms with Crippen LogP contribution in [0.3, 0.4) is 0 Å². The number of carbonyl (C=O) groups is 3. The molecule has 0 saturated heterocycles. The van der Waals surface area contributed by atoms with Crippen molar-refractivity contribution in [2.45, 2.75) is 58.0 Å². The second kappa shape index (κ2) is 9.96. The maximum atomic E-state index is 12.7. The summed E-state index contributed by atoms with van der Waals surface area (Å²) in [6.07, 6.45) is 4.17. The number of hydrogen-bond acceptors (Lipinski definition) is 7. The molecule has 8 nitrogen and oxygen atoms in total. The fourth-order valence-electron chi connectivity index (χ4n) is 3.92. The van der Waals surface area contributed by atoms with Crippen LogP contribution in [0.25, 0.3) is 0 Å². The fraction of sp³-hybridized carbons (Fsp3) is 0.375. The summed E-state index contributed by atoms with van der Waals surface area (Å²) in [5.74, 6) is -1.47. The highest BCUT2D eigenvalue weighted by atomic mass is 32.1. The number of hydrogen-bond donors (Lipinski definition) is 1. The summed E-state index contributed by atoms with van der Waals surface area (Å²) >= 11 is 1.43. The minimum Gasteiger partial charge on any atom is -0.448 e. The van der Waals surface area contributed by atoms with E-state index in [4.69, 9.17) is 4.74 Å². The van der Waals surface area contributed by atoms with E-state index in [0.717, 1.165) is 42.5 Å². The summed E-state index contributed by atoms with van der Waals surface area (Å²) < 4.78 is 5.34.